The number of hydrogen-bond acceptors (Lipinski definition) is 2. The number of nitrogens with two attached hydrogens (primary N) is 1. The van der Waals surface area contributed by atoms with Gasteiger partial charge in [-0.1, -0.05) is 0 Å². The Kier molecular flexibility index (Phi) is 2.23. The van der Waals surface area contributed by atoms with Crippen LogP contribution in [0.5, 0.6) is 0 Å². The van der Waals surface area contributed by atoms with Crippen molar-refractivity contribution in [2.75, 3.05) is 11.4 Å². The maximum atomic E-state index is 12.7. The minimum absolute atomic E-state index is 0.224. The molecule has 3 heteroatoms. The van der Waals surface area contributed by atoms with Crippen molar-refractivity contribution < 1.29 is 4.39 Å². The van der Waals surface area contributed by atoms with E-state index < -0.39 is 0 Å². The highest BCUT2D eigenvalue weighted by Crippen LogP contribution is 2.17. The molecule has 1 aromatic rings. The topological polar surface area (TPSA) is 29.3 Å². The number of anilines is 1. The zero-order valence-corrected chi connectivity index (χ0v) is 7.65. The largest absolute Gasteiger partial charge is 0.401 e. The molecule has 0 aliphatic carbocycles. The summed E-state index contributed by atoms with van der Waals surface area (Å²) in [5.41, 5.74) is 7.43. The van der Waals surface area contributed by atoms with E-state index in [1.165, 1.54) is 12.1 Å². The van der Waals surface area contributed by atoms with Gasteiger partial charge in [0.05, 0.1) is 6.54 Å². The standard InChI is InChI=1S/C11H11FN2/c12-9-3-5-11(6-4-9)14-7-1-2-10(13)8-14/h1-7H,8,13H2. The Balaban J connectivity index is 2.21. The third kappa shape index (κ3) is 1.76. The maximum Gasteiger partial charge on any atom is 0.123 e. The predicted molar refractivity (Wildman–Crippen MR) is 55.2 cm³/mol. The van der Waals surface area contributed by atoms with Crippen molar-refractivity contribution in [2.45, 2.75) is 0 Å². The van der Waals surface area contributed by atoms with Crippen LogP contribution < -0.4 is 10.6 Å². The van der Waals surface area contributed by atoms with Gasteiger partial charge >= 0.3 is 0 Å². The van der Waals surface area contributed by atoms with Gasteiger partial charge in [0.1, 0.15) is 5.82 Å². The number of nitrogens with zero attached hydrogens (tertiary/aromatic N) is 1. The van der Waals surface area contributed by atoms with E-state index in [2.05, 4.69) is 0 Å². The Labute approximate surface area is 82.1 Å². The number of allylic oxidation sites excluding steroid dienone is 2. The summed E-state index contributed by atoms with van der Waals surface area (Å²) in [6.45, 7) is 0.655. The summed E-state index contributed by atoms with van der Waals surface area (Å²) in [7, 11) is 0. The summed E-state index contributed by atoms with van der Waals surface area (Å²) in [4.78, 5) is 1.97. The minimum Gasteiger partial charge on any atom is -0.401 e. The van der Waals surface area contributed by atoms with Crippen LogP contribution in [0.25, 0.3) is 0 Å². The van der Waals surface area contributed by atoms with Crippen LogP contribution in [-0.2, 0) is 0 Å². The summed E-state index contributed by atoms with van der Waals surface area (Å²) in [5, 5.41) is 0. The molecule has 72 valence electrons. The molecular formula is C11H11FN2. The molecule has 0 aromatic heterocycles. The molecule has 2 rings (SSSR count). The monoisotopic (exact) mass is 190 g/mol. The molecule has 1 aliphatic heterocycles. The van der Waals surface area contributed by atoms with Crippen LogP contribution in [0, 0.1) is 5.82 Å². The highest BCUT2D eigenvalue weighted by atomic mass is 19.1. The lowest BCUT2D eigenvalue weighted by molar-refractivity contribution is 0.628. The normalized spacial score (nSPS) is 15.5. The van der Waals surface area contributed by atoms with Crippen molar-refractivity contribution in [2.24, 2.45) is 5.73 Å². The molecule has 1 aromatic carbocycles. The van der Waals surface area contributed by atoms with E-state index in [0.717, 1.165) is 11.4 Å². The summed E-state index contributed by atoms with van der Waals surface area (Å²) in [5.74, 6) is -0.224. The molecule has 0 atom stereocenters. The lowest BCUT2D eigenvalue weighted by Crippen LogP contribution is -2.24. The van der Waals surface area contributed by atoms with Gasteiger partial charge in [-0.25, -0.2) is 4.39 Å². The fraction of sp³-hybridized carbons (Fsp3) is 0.0909. The van der Waals surface area contributed by atoms with Crippen molar-refractivity contribution in [3.05, 3.63) is 54.1 Å². The Morgan fingerprint density at radius 3 is 2.57 bits per heavy atom. The minimum atomic E-state index is -0.224. The van der Waals surface area contributed by atoms with Crippen LogP contribution in [0.3, 0.4) is 0 Å². The summed E-state index contributed by atoms with van der Waals surface area (Å²) in [6.07, 6.45) is 5.66. The third-order valence-electron chi connectivity index (χ3n) is 2.09. The Morgan fingerprint density at radius 2 is 1.93 bits per heavy atom. The molecule has 1 aliphatic rings. The Bertz CT molecular complexity index is 379. The van der Waals surface area contributed by atoms with E-state index in [1.807, 2.05) is 23.3 Å². The molecule has 0 radical (unpaired) electrons. The van der Waals surface area contributed by atoms with E-state index in [1.54, 1.807) is 12.1 Å². The Hall–Kier alpha value is -1.77. The predicted octanol–water partition coefficient (Wildman–Crippen LogP) is 2.00. The van der Waals surface area contributed by atoms with Gasteiger partial charge in [0, 0.05) is 17.6 Å². The van der Waals surface area contributed by atoms with Crippen molar-refractivity contribution in [1.29, 1.82) is 0 Å². The first kappa shape index (κ1) is 8.81. The van der Waals surface area contributed by atoms with Crippen molar-refractivity contribution >= 4 is 5.69 Å². The van der Waals surface area contributed by atoms with Crippen LogP contribution in [0.1, 0.15) is 0 Å². The second-order valence-electron chi connectivity index (χ2n) is 3.19. The molecular weight excluding hydrogens is 179 g/mol. The first-order valence-corrected chi connectivity index (χ1v) is 4.41. The van der Waals surface area contributed by atoms with Crippen LogP contribution in [0.2, 0.25) is 0 Å². The second kappa shape index (κ2) is 3.54. The molecule has 0 spiro atoms. The van der Waals surface area contributed by atoms with Crippen molar-refractivity contribution in [3.8, 4) is 0 Å². The zero-order valence-electron chi connectivity index (χ0n) is 7.65. The molecule has 0 amide bonds. The highest BCUT2D eigenvalue weighted by molar-refractivity contribution is 5.52. The number of benzene rings is 1. The number of hydrogen-bond donors (Lipinski definition) is 1. The summed E-state index contributed by atoms with van der Waals surface area (Å²) >= 11 is 0. The molecule has 0 bridgehead atoms. The summed E-state index contributed by atoms with van der Waals surface area (Å²) in [6, 6.07) is 6.35. The van der Waals surface area contributed by atoms with Crippen LogP contribution in [-0.4, -0.2) is 6.54 Å². The average Bonchev–Trinajstić information content (AvgIpc) is 2.19. The third-order valence-corrected chi connectivity index (χ3v) is 2.09. The quantitative estimate of drug-likeness (QED) is 0.733. The lowest BCUT2D eigenvalue weighted by Gasteiger charge is -2.22. The number of rotatable bonds is 1. The molecule has 0 fully saturated rings. The van der Waals surface area contributed by atoms with Gasteiger partial charge in [0.15, 0.2) is 0 Å². The van der Waals surface area contributed by atoms with E-state index in [9.17, 15) is 4.39 Å². The SMILES string of the molecule is NC1=CC=CN(c2ccc(F)cc2)C1. The maximum absolute atomic E-state index is 12.7. The van der Waals surface area contributed by atoms with Crippen LogP contribution >= 0.6 is 0 Å². The van der Waals surface area contributed by atoms with E-state index in [-0.39, 0.29) is 5.82 Å². The highest BCUT2D eigenvalue weighted by Gasteiger charge is 2.06. The molecule has 0 saturated heterocycles. The van der Waals surface area contributed by atoms with E-state index in [4.69, 9.17) is 5.73 Å². The molecule has 2 nitrogen and oxygen atoms in total. The van der Waals surface area contributed by atoms with Gasteiger partial charge in [-0.15, -0.1) is 0 Å². The second-order valence-corrected chi connectivity index (χ2v) is 3.19. The van der Waals surface area contributed by atoms with Gasteiger partial charge in [-0.3, -0.25) is 0 Å². The first-order chi connectivity index (χ1) is 6.75. The zero-order chi connectivity index (χ0) is 9.97. The van der Waals surface area contributed by atoms with Crippen molar-refractivity contribution in [3.63, 3.8) is 0 Å². The molecule has 14 heavy (non-hydrogen) atoms. The smallest absolute Gasteiger partial charge is 0.123 e. The lowest BCUT2D eigenvalue weighted by atomic mass is 10.2. The van der Waals surface area contributed by atoms with Crippen LogP contribution in [0.15, 0.2) is 48.3 Å². The van der Waals surface area contributed by atoms with Crippen molar-refractivity contribution in [1.82, 2.24) is 0 Å². The van der Waals surface area contributed by atoms with Gasteiger partial charge in [0.2, 0.25) is 0 Å². The summed E-state index contributed by atoms with van der Waals surface area (Å²) < 4.78 is 12.7. The molecule has 1 heterocycles. The van der Waals surface area contributed by atoms with Crippen LogP contribution in [0.4, 0.5) is 10.1 Å². The molecule has 2 N–H and O–H groups in total. The van der Waals surface area contributed by atoms with E-state index in [0.29, 0.717) is 6.54 Å². The van der Waals surface area contributed by atoms with Gasteiger partial charge < -0.3 is 10.6 Å². The fourth-order valence-electron chi connectivity index (χ4n) is 1.38. The first-order valence-electron chi connectivity index (χ1n) is 4.41. The van der Waals surface area contributed by atoms with E-state index >= 15 is 0 Å². The molecule has 0 saturated carbocycles. The number of halogens is 1. The van der Waals surface area contributed by atoms with Gasteiger partial charge in [-0.05, 0) is 36.4 Å². The van der Waals surface area contributed by atoms with Gasteiger partial charge in [-0.2, -0.15) is 0 Å². The Morgan fingerprint density at radius 1 is 1.21 bits per heavy atom. The average molecular weight is 190 g/mol. The van der Waals surface area contributed by atoms with Gasteiger partial charge in [0.25, 0.3) is 0 Å². The molecule has 0 unspecified atom stereocenters. The fourth-order valence-corrected chi connectivity index (χ4v) is 1.38.